The van der Waals surface area contributed by atoms with Crippen LogP contribution in [0.3, 0.4) is 0 Å². The number of anilines is 2. The van der Waals surface area contributed by atoms with Crippen molar-refractivity contribution in [3.8, 4) is 5.75 Å². The Morgan fingerprint density at radius 2 is 1.92 bits per heavy atom. The van der Waals surface area contributed by atoms with E-state index in [4.69, 9.17) is 16.3 Å². The first kappa shape index (κ1) is 17.8. The molecule has 0 saturated carbocycles. The average Bonchev–Trinajstić information content (AvgIpc) is 2.67. The van der Waals surface area contributed by atoms with E-state index < -0.39 is 0 Å². The number of hydrogen-bond donors (Lipinski definition) is 2. The summed E-state index contributed by atoms with van der Waals surface area (Å²) in [6.07, 6.45) is 1.60. The second-order valence-corrected chi connectivity index (χ2v) is 5.98. The monoisotopic (exact) mass is 367 g/mol. The fraction of sp³-hybridized carbons (Fsp3) is 0.100. The Kier molecular flexibility index (Phi) is 5.71. The minimum Gasteiger partial charge on any atom is -0.495 e. The van der Waals surface area contributed by atoms with E-state index in [0.29, 0.717) is 34.4 Å². The predicted octanol–water partition coefficient (Wildman–Crippen LogP) is 4.61. The highest BCUT2D eigenvalue weighted by Crippen LogP contribution is 2.27. The number of benzene rings is 2. The highest BCUT2D eigenvalue weighted by molar-refractivity contribution is 6.32. The van der Waals surface area contributed by atoms with Gasteiger partial charge in [-0.15, -0.1) is 0 Å². The molecule has 0 radical (unpaired) electrons. The Hall–Kier alpha value is -3.05. The molecular weight excluding hydrogens is 350 g/mol. The van der Waals surface area contributed by atoms with Crippen LogP contribution in [-0.4, -0.2) is 18.0 Å². The predicted molar refractivity (Wildman–Crippen MR) is 104 cm³/mol. The summed E-state index contributed by atoms with van der Waals surface area (Å²) in [5.74, 6) is 0.951. The second kappa shape index (κ2) is 8.36. The van der Waals surface area contributed by atoms with Crippen molar-refractivity contribution >= 4 is 29.0 Å². The Morgan fingerprint density at radius 1 is 1.12 bits per heavy atom. The molecule has 2 N–H and O–H groups in total. The van der Waals surface area contributed by atoms with E-state index in [1.54, 1.807) is 43.6 Å². The summed E-state index contributed by atoms with van der Waals surface area (Å²) in [5.41, 5.74) is 2.23. The number of carbonyl (C=O) groups is 1. The van der Waals surface area contributed by atoms with E-state index in [-0.39, 0.29) is 5.91 Å². The number of nitrogens with zero attached hydrogens (tertiary/aromatic N) is 1. The molecule has 0 bridgehead atoms. The number of pyridine rings is 1. The van der Waals surface area contributed by atoms with Gasteiger partial charge in [-0.1, -0.05) is 41.9 Å². The molecule has 26 heavy (non-hydrogen) atoms. The second-order valence-electron chi connectivity index (χ2n) is 5.57. The smallest absolute Gasteiger partial charge is 0.255 e. The van der Waals surface area contributed by atoms with Crippen molar-refractivity contribution in [3.63, 3.8) is 0 Å². The van der Waals surface area contributed by atoms with Crippen molar-refractivity contribution in [1.82, 2.24) is 4.98 Å². The quantitative estimate of drug-likeness (QED) is 0.668. The van der Waals surface area contributed by atoms with Crippen LogP contribution >= 0.6 is 11.6 Å². The summed E-state index contributed by atoms with van der Waals surface area (Å²) in [5, 5.41) is 6.47. The maximum atomic E-state index is 12.5. The zero-order valence-electron chi connectivity index (χ0n) is 14.2. The lowest BCUT2D eigenvalue weighted by Gasteiger charge is -2.10. The number of halogens is 1. The molecule has 0 fully saturated rings. The third kappa shape index (κ3) is 4.52. The molecule has 3 rings (SSSR count). The molecule has 0 aliphatic heterocycles. The van der Waals surface area contributed by atoms with Crippen LogP contribution in [0.15, 0.2) is 66.9 Å². The van der Waals surface area contributed by atoms with Crippen molar-refractivity contribution in [3.05, 3.63) is 83.0 Å². The Bertz CT molecular complexity index is 901. The zero-order valence-corrected chi connectivity index (χ0v) is 15.0. The van der Waals surface area contributed by atoms with E-state index in [9.17, 15) is 4.79 Å². The van der Waals surface area contributed by atoms with Gasteiger partial charge < -0.3 is 15.4 Å². The lowest BCUT2D eigenvalue weighted by molar-refractivity contribution is 0.102. The molecule has 3 aromatic rings. The first-order valence-corrected chi connectivity index (χ1v) is 8.42. The van der Waals surface area contributed by atoms with E-state index >= 15 is 0 Å². The number of amides is 1. The van der Waals surface area contributed by atoms with Crippen molar-refractivity contribution in [2.24, 2.45) is 0 Å². The molecule has 0 unspecified atom stereocenters. The number of methoxy groups -OCH3 is 1. The van der Waals surface area contributed by atoms with Gasteiger partial charge in [-0.25, -0.2) is 4.98 Å². The summed E-state index contributed by atoms with van der Waals surface area (Å²) in [6, 6.07) is 18.4. The van der Waals surface area contributed by atoms with Crippen molar-refractivity contribution in [1.29, 1.82) is 0 Å². The number of aromatic nitrogens is 1. The van der Waals surface area contributed by atoms with Crippen LogP contribution in [0.5, 0.6) is 5.75 Å². The van der Waals surface area contributed by atoms with Crippen LogP contribution in [0, 0.1) is 0 Å². The maximum Gasteiger partial charge on any atom is 0.255 e. The fourth-order valence-electron chi connectivity index (χ4n) is 2.40. The van der Waals surface area contributed by atoms with Crippen LogP contribution in [-0.2, 0) is 6.54 Å². The molecule has 6 heteroatoms. The van der Waals surface area contributed by atoms with Crippen LogP contribution < -0.4 is 15.4 Å². The van der Waals surface area contributed by atoms with E-state index in [1.807, 2.05) is 30.3 Å². The van der Waals surface area contributed by atoms with Gasteiger partial charge in [-0.3, -0.25) is 4.79 Å². The number of ether oxygens (including phenoxy) is 1. The first-order chi connectivity index (χ1) is 12.7. The lowest BCUT2D eigenvalue weighted by atomic mass is 10.2. The molecule has 0 atom stereocenters. The van der Waals surface area contributed by atoms with Crippen molar-refractivity contribution in [2.75, 3.05) is 17.7 Å². The molecule has 1 aromatic heterocycles. The van der Waals surface area contributed by atoms with E-state index in [2.05, 4.69) is 15.6 Å². The number of carbonyl (C=O) groups excluding carboxylic acids is 1. The van der Waals surface area contributed by atoms with Gasteiger partial charge in [0.2, 0.25) is 0 Å². The van der Waals surface area contributed by atoms with E-state index in [1.165, 1.54) is 0 Å². The normalized spacial score (nSPS) is 10.2. The van der Waals surface area contributed by atoms with Crippen LogP contribution in [0.2, 0.25) is 5.02 Å². The molecule has 1 heterocycles. The van der Waals surface area contributed by atoms with Gasteiger partial charge in [0.05, 0.1) is 12.1 Å². The molecule has 1 amide bonds. The fourth-order valence-corrected chi connectivity index (χ4v) is 2.66. The Morgan fingerprint density at radius 3 is 2.65 bits per heavy atom. The van der Waals surface area contributed by atoms with E-state index in [0.717, 1.165) is 5.56 Å². The summed E-state index contributed by atoms with van der Waals surface area (Å²) in [6.45, 7) is 0.632. The number of rotatable bonds is 6. The van der Waals surface area contributed by atoms with Crippen molar-refractivity contribution in [2.45, 2.75) is 6.54 Å². The minimum atomic E-state index is -0.239. The highest BCUT2D eigenvalue weighted by atomic mass is 35.5. The topological polar surface area (TPSA) is 63.2 Å². The van der Waals surface area contributed by atoms with Gasteiger partial charge in [0.1, 0.15) is 11.6 Å². The Balaban J connectivity index is 1.67. The molecule has 0 aliphatic carbocycles. The highest BCUT2D eigenvalue weighted by Gasteiger charge is 2.09. The summed E-state index contributed by atoms with van der Waals surface area (Å²) in [7, 11) is 1.54. The summed E-state index contributed by atoms with van der Waals surface area (Å²) in [4.78, 5) is 16.7. The molecule has 0 saturated heterocycles. The van der Waals surface area contributed by atoms with Crippen LogP contribution in [0.1, 0.15) is 15.9 Å². The molecule has 5 nitrogen and oxygen atoms in total. The van der Waals surface area contributed by atoms with Gasteiger partial charge in [-0.05, 0) is 35.9 Å². The molecule has 2 aromatic carbocycles. The van der Waals surface area contributed by atoms with Crippen LogP contribution in [0.4, 0.5) is 11.5 Å². The summed E-state index contributed by atoms with van der Waals surface area (Å²) >= 11 is 6.09. The number of nitrogens with one attached hydrogen (secondary N) is 2. The van der Waals surface area contributed by atoms with Crippen LogP contribution in [0.25, 0.3) is 0 Å². The van der Waals surface area contributed by atoms with Gasteiger partial charge in [0.25, 0.3) is 5.91 Å². The standard InChI is InChI=1S/C20H18ClN3O2/c1-26-18-8-7-16(12-17(18)21)24-20(25)15-9-10-22-19(11-15)23-13-14-5-3-2-4-6-14/h2-12H,13H2,1H3,(H,22,23)(H,24,25). The zero-order chi connectivity index (χ0) is 18.4. The third-order valence-electron chi connectivity index (χ3n) is 3.75. The Labute approximate surface area is 157 Å². The number of hydrogen-bond acceptors (Lipinski definition) is 4. The minimum absolute atomic E-state index is 0.239. The largest absolute Gasteiger partial charge is 0.495 e. The summed E-state index contributed by atoms with van der Waals surface area (Å²) < 4.78 is 5.11. The van der Waals surface area contributed by atoms with Crippen molar-refractivity contribution < 1.29 is 9.53 Å². The molecule has 0 aliphatic rings. The molecular formula is C20H18ClN3O2. The maximum absolute atomic E-state index is 12.5. The third-order valence-corrected chi connectivity index (χ3v) is 4.04. The molecule has 0 spiro atoms. The van der Waals surface area contributed by atoms with Gasteiger partial charge in [-0.2, -0.15) is 0 Å². The molecule has 132 valence electrons. The van der Waals surface area contributed by atoms with Gasteiger partial charge in [0, 0.05) is 24.0 Å². The average molecular weight is 368 g/mol. The SMILES string of the molecule is COc1ccc(NC(=O)c2ccnc(NCc3ccccc3)c2)cc1Cl. The van der Waals surface area contributed by atoms with Gasteiger partial charge in [0.15, 0.2) is 0 Å². The lowest BCUT2D eigenvalue weighted by Crippen LogP contribution is -2.13. The first-order valence-electron chi connectivity index (χ1n) is 8.04. The van der Waals surface area contributed by atoms with Gasteiger partial charge >= 0.3 is 0 Å².